The van der Waals surface area contributed by atoms with E-state index in [-0.39, 0.29) is 5.91 Å². The highest BCUT2D eigenvalue weighted by atomic mass is 35.5. The van der Waals surface area contributed by atoms with E-state index in [1.807, 2.05) is 12.1 Å². The average Bonchev–Trinajstić information content (AvgIpc) is 2.73. The van der Waals surface area contributed by atoms with Crippen LogP contribution in [0.25, 0.3) is 0 Å². The van der Waals surface area contributed by atoms with Crippen LogP contribution in [0.5, 0.6) is 11.5 Å². The summed E-state index contributed by atoms with van der Waals surface area (Å²) in [5.74, 6) is 1.63. The number of benzene rings is 1. The van der Waals surface area contributed by atoms with E-state index in [9.17, 15) is 4.79 Å². The number of amides is 1. The van der Waals surface area contributed by atoms with Crippen LogP contribution in [0.2, 0.25) is 5.02 Å². The molecule has 0 bridgehead atoms. The number of nitrogens with zero attached hydrogens (tertiary/aromatic N) is 2. The van der Waals surface area contributed by atoms with Crippen LogP contribution in [0.15, 0.2) is 30.5 Å². The number of ether oxygens (including phenoxy) is 3. The Kier molecular flexibility index (Phi) is 5.31. The van der Waals surface area contributed by atoms with Gasteiger partial charge in [0.1, 0.15) is 19.0 Å². The minimum atomic E-state index is -0.231. The summed E-state index contributed by atoms with van der Waals surface area (Å²) in [5, 5.41) is 3.31. The van der Waals surface area contributed by atoms with E-state index in [1.54, 1.807) is 18.3 Å². The second-order valence-corrected chi connectivity index (χ2v) is 6.66. The Bertz CT molecular complexity index is 840. The van der Waals surface area contributed by atoms with Gasteiger partial charge in [-0.1, -0.05) is 17.7 Å². The summed E-state index contributed by atoms with van der Waals surface area (Å²) in [6, 6.07) is 7.08. The Hall–Kier alpha value is -2.51. The first kappa shape index (κ1) is 17.9. The topological polar surface area (TPSA) is 72.9 Å². The average molecular weight is 390 g/mol. The molecule has 2 aliphatic rings. The van der Waals surface area contributed by atoms with E-state index in [4.69, 9.17) is 25.8 Å². The first-order valence-corrected chi connectivity index (χ1v) is 9.24. The SMILES string of the molecule is O=C(NCc1cccnc1N1CCOCC1)c1cc(Cl)c2c(c1)OCCO2. The summed E-state index contributed by atoms with van der Waals surface area (Å²) in [7, 11) is 0. The molecule has 4 rings (SSSR count). The van der Waals surface area contributed by atoms with Crippen molar-refractivity contribution >= 4 is 23.3 Å². The molecule has 0 spiro atoms. The zero-order valence-corrected chi connectivity index (χ0v) is 15.5. The monoisotopic (exact) mass is 389 g/mol. The summed E-state index contributed by atoms with van der Waals surface area (Å²) in [6.45, 7) is 4.18. The van der Waals surface area contributed by atoms with Gasteiger partial charge in [0, 0.05) is 37.0 Å². The molecule has 0 saturated carbocycles. The molecular weight excluding hydrogens is 370 g/mol. The van der Waals surface area contributed by atoms with E-state index in [2.05, 4.69) is 15.2 Å². The van der Waals surface area contributed by atoms with Gasteiger partial charge in [-0.3, -0.25) is 4.79 Å². The highest BCUT2D eigenvalue weighted by Gasteiger charge is 2.20. The Morgan fingerprint density at radius 2 is 2.00 bits per heavy atom. The number of nitrogens with one attached hydrogen (secondary N) is 1. The van der Waals surface area contributed by atoms with Crippen molar-refractivity contribution in [3.05, 3.63) is 46.6 Å². The number of fused-ring (bicyclic) bond motifs is 1. The summed E-state index contributed by atoms with van der Waals surface area (Å²) in [4.78, 5) is 19.3. The van der Waals surface area contributed by atoms with Crippen LogP contribution >= 0.6 is 11.6 Å². The van der Waals surface area contributed by atoms with E-state index >= 15 is 0 Å². The summed E-state index contributed by atoms with van der Waals surface area (Å²) < 4.78 is 16.4. The molecule has 142 valence electrons. The van der Waals surface area contributed by atoms with Gasteiger partial charge in [0.2, 0.25) is 0 Å². The first-order valence-electron chi connectivity index (χ1n) is 8.86. The lowest BCUT2D eigenvalue weighted by molar-refractivity contribution is 0.0949. The Labute approximate surface area is 162 Å². The predicted molar refractivity (Wildman–Crippen MR) is 101 cm³/mol. The Morgan fingerprint density at radius 1 is 1.19 bits per heavy atom. The number of hydrogen-bond donors (Lipinski definition) is 1. The highest BCUT2D eigenvalue weighted by Crippen LogP contribution is 2.38. The van der Waals surface area contributed by atoms with Crippen LogP contribution in [0.3, 0.4) is 0 Å². The van der Waals surface area contributed by atoms with E-state index < -0.39 is 0 Å². The first-order chi connectivity index (χ1) is 13.2. The molecule has 27 heavy (non-hydrogen) atoms. The molecule has 1 aromatic carbocycles. The lowest BCUT2D eigenvalue weighted by Gasteiger charge is -2.29. The molecule has 1 fully saturated rings. The molecule has 2 aliphatic heterocycles. The molecule has 0 atom stereocenters. The fourth-order valence-electron chi connectivity index (χ4n) is 3.15. The Balaban J connectivity index is 1.48. The molecule has 7 nitrogen and oxygen atoms in total. The third-order valence-corrected chi connectivity index (χ3v) is 4.76. The maximum Gasteiger partial charge on any atom is 0.251 e. The second-order valence-electron chi connectivity index (χ2n) is 6.25. The standard InChI is InChI=1S/C19H20ClN3O4/c20-15-10-14(11-16-17(15)27-9-8-26-16)19(24)22-12-13-2-1-3-21-18(13)23-4-6-25-7-5-23/h1-3,10-11H,4-9,12H2,(H,22,24). The molecule has 1 N–H and O–H groups in total. The summed E-state index contributed by atoms with van der Waals surface area (Å²) >= 11 is 6.22. The lowest BCUT2D eigenvalue weighted by atomic mass is 10.1. The number of morpholine rings is 1. The van der Waals surface area contributed by atoms with Gasteiger partial charge in [-0.2, -0.15) is 0 Å². The van der Waals surface area contributed by atoms with E-state index in [1.165, 1.54) is 0 Å². The van der Waals surface area contributed by atoms with Crippen LogP contribution in [0.1, 0.15) is 15.9 Å². The molecule has 8 heteroatoms. The Morgan fingerprint density at radius 3 is 2.85 bits per heavy atom. The third-order valence-electron chi connectivity index (χ3n) is 4.48. The number of pyridine rings is 1. The zero-order valence-electron chi connectivity index (χ0n) is 14.7. The molecule has 1 amide bonds. The van der Waals surface area contributed by atoms with E-state index in [0.29, 0.717) is 55.1 Å². The van der Waals surface area contributed by atoms with Crippen molar-refractivity contribution in [2.75, 3.05) is 44.4 Å². The smallest absolute Gasteiger partial charge is 0.251 e. The van der Waals surface area contributed by atoms with Crippen LogP contribution < -0.4 is 19.7 Å². The second kappa shape index (κ2) is 8.02. The van der Waals surface area contributed by atoms with Crippen molar-refractivity contribution in [3.8, 4) is 11.5 Å². The summed E-state index contributed by atoms with van der Waals surface area (Å²) in [5.41, 5.74) is 1.39. The van der Waals surface area contributed by atoms with Crippen molar-refractivity contribution in [1.29, 1.82) is 0 Å². The molecule has 0 unspecified atom stereocenters. The number of carbonyl (C=O) groups is 1. The zero-order chi connectivity index (χ0) is 18.6. The maximum absolute atomic E-state index is 12.6. The van der Waals surface area contributed by atoms with Gasteiger partial charge in [0.15, 0.2) is 11.5 Å². The number of halogens is 1. The van der Waals surface area contributed by atoms with Crippen molar-refractivity contribution in [1.82, 2.24) is 10.3 Å². The summed E-state index contributed by atoms with van der Waals surface area (Å²) in [6.07, 6.45) is 1.76. The highest BCUT2D eigenvalue weighted by molar-refractivity contribution is 6.32. The van der Waals surface area contributed by atoms with Gasteiger partial charge < -0.3 is 24.4 Å². The largest absolute Gasteiger partial charge is 0.486 e. The van der Waals surface area contributed by atoms with Gasteiger partial charge in [-0.15, -0.1) is 0 Å². The molecule has 0 aliphatic carbocycles. The quantitative estimate of drug-likeness (QED) is 0.864. The van der Waals surface area contributed by atoms with Crippen LogP contribution in [0.4, 0.5) is 5.82 Å². The van der Waals surface area contributed by atoms with Crippen LogP contribution in [0, 0.1) is 0 Å². The van der Waals surface area contributed by atoms with Gasteiger partial charge in [-0.05, 0) is 18.2 Å². The number of carbonyl (C=O) groups excluding carboxylic acids is 1. The third kappa shape index (κ3) is 3.94. The molecule has 1 aromatic heterocycles. The maximum atomic E-state index is 12.6. The van der Waals surface area contributed by atoms with Crippen molar-refractivity contribution in [2.24, 2.45) is 0 Å². The number of rotatable bonds is 4. The van der Waals surface area contributed by atoms with Gasteiger partial charge in [0.05, 0.1) is 18.2 Å². The number of hydrogen-bond acceptors (Lipinski definition) is 6. The fourth-order valence-corrected chi connectivity index (χ4v) is 3.41. The molecule has 2 aromatic rings. The number of anilines is 1. The molecule has 3 heterocycles. The number of aromatic nitrogens is 1. The van der Waals surface area contributed by atoms with Crippen molar-refractivity contribution in [2.45, 2.75) is 6.54 Å². The minimum Gasteiger partial charge on any atom is -0.486 e. The van der Waals surface area contributed by atoms with Crippen LogP contribution in [-0.2, 0) is 11.3 Å². The van der Waals surface area contributed by atoms with Crippen molar-refractivity contribution < 1.29 is 19.0 Å². The predicted octanol–water partition coefficient (Wildman–Crippen LogP) is 2.27. The fraction of sp³-hybridized carbons (Fsp3) is 0.368. The van der Waals surface area contributed by atoms with E-state index in [0.717, 1.165) is 24.5 Å². The lowest BCUT2D eigenvalue weighted by Crippen LogP contribution is -2.37. The van der Waals surface area contributed by atoms with Gasteiger partial charge in [0.25, 0.3) is 5.91 Å². The van der Waals surface area contributed by atoms with Crippen molar-refractivity contribution in [3.63, 3.8) is 0 Å². The minimum absolute atomic E-state index is 0.231. The van der Waals surface area contributed by atoms with Crippen LogP contribution in [-0.4, -0.2) is 50.4 Å². The molecular formula is C19H20ClN3O4. The molecule has 0 radical (unpaired) electrons. The van der Waals surface area contributed by atoms with Gasteiger partial charge >= 0.3 is 0 Å². The normalized spacial score (nSPS) is 16.1. The van der Waals surface area contributed by atoms with Gasteiger partial charge in [-0.25, -0.2) is 4.98 Å². The molecule has 1 saturated heterocycles.